The molecule has 0 saturated heterocycles. The first-order chi connectivity index (χ1) is 8.25. The fourth-order valence-electron chi connectivity index (χ4n) is 5.22. The number of fused-ring (bicyclic) bond motifs is 1. The highest BCUT2D eigenvalue weighted by Gasteiger charge is 2.54. The third-order valence-corrected chi connectivity index (χ3v) is 7.30. The third kappa shape index (κ3) is 1.95. The molecule has 0 radical (unpaired) electrons. The van der Waals surface area contributed by atoms with Gasteiger partial charge in [0.1, 0.15) is 0 Å². The van der Waals surface area contributed by atoms with E-state index >= 15 is 0 Å². The zero-order valence-corrected chi connectivity index (χ0v) is 13.2. The molecular formula is C18H32. The van der Waals surface area contributed by atoms with Gasteiger partial charge in [0.15, 0.2) is 0 Å². The second kappa shape index (κ2) is 3.76. The first-order valence-electron chi connectivity index (χ1n) is 8.25. The lowest BCUT2D eigenvalue weighted by molar-refractivity contribution is -0.0673. The van der Waals surface area contributed by atoms with Crippen LogP contribution in [0.15, 0.2) is 0 Å². The van der Waals surface area contributed by atoms with Crippen molar-refractivity contribution in [2.24, 2.45) is 34.0 Å². The van der Waals surface area contributed by atoms with Crippen molar-refractivity contribution in [3.05, 3.63) is 0 Å². The average Bonchev–Trinajstić information content (AvgIpc) is 3.04. The Kier molecular flexibility index (Phi) is 2.72. The van der Waals surface area contributed by atoms with Crippen molar-refractivity contribution in [2.45, 2.75) is 79.6 Å². The van der Waals surface area contributed by atoms with Crippen molar-refractivity contribution < 1.29 is 0 Å². The molecule has 0 aliphatic heterocycles. The van der Waals surface area contributed by atoms with Crippen molar-refractivity contribution in [3.63, 3.8) is 0 Å². The highest BCUT2D eigenvalue weighted by atomic mass is 14.6. The lowest BCUT2D eigenvalue weighted by Crippen LogP contribution is -2.48. The molecule has 104 valence electrons. The van der Waals surface area contributed by atoms with Crippen molar-refractivity contribution >= 4 is 0 Å². The van der Waals surface area contributed by atoms with Crippen LogP contribution in [0.1, 0.15) is 79.6 Å². The molecule has 0 N–H and O–H groups in total. The van der Waals surface area contributed by atoms with E-state index in [1.54, 1.807) is 0 Å². The van der Waals surface area contributed by atoms with Crippen LogP contribution in [0, 0.1) is 34.0 Å². The minimum Gasteiger partial charge on any atom is -0.0596 e. The van der Waals surface area contributed by atoms with E-state index in [-0.39, 0.29) is 0 Å². The van der Waals surface area contributed by atoms with Gasteiger partial charge in [-0.05, 0) is 78.9 Å². The number of rotatable bonds is 1. The molecule has 18 heavy (non-hydrogen) atoms. The largest absolute Gasteiger partial charge is 0.0596 e. The van der Waals surface area contributed by atoms with Gasteiger partial charge in [0, 0.05) is 0 Å². The van der Waals surface area contributed by atoms with Crippen LogP contribution in [-0.2, 0) is 0 Å². The van der Waals surface area contributed by atoms with Crippen LogP contribution in [0.25, 0.3) is 0 Å². The lowest BCUT2D eigenvalue weighted by Gasteiger charge is -2.56. The van der Waals surface area contributed by atoms with Gasteiger partial charge in [0.25, 0.3) is 0 Å². The van der Waals surface area contributed by atoms with Gasteiger partial charge in [-0.15, -0.1) is 0 Å². The number of hydrogen-bond acceptors (Lipinski definition) is 0. The Bertz CT molecular complexity index is 332. The SMILES string of the molecule is CC1(C)CCC(C)(C)C2CC(C3(C)CC3)CCC21. The van der Waals surface area contributed by atoms with Gasteiger partial charge in [-0.1, -0.05) is 34.6 Å². The summed E-state index contributed by atoms with van der Waals surface area (Å²) >= 11 is 0. The monoisotopic (exact) mass is 248 g/mol. The summed E-state index contributed by atoms with van der Waals surface area (Å²) in [5.74, 6) is 3.05. The molecule has 0 amide bonds. The molecule has 0 aromatic carbocycles. The molecule has 3 aliphatic rings. The molecule has 0 heteroatoms. The van der Waals surface area contributed by atoms with Crippen LogP contribution in [0.4, 0.5) is 0 Å². The molecule has 3 rings (SSSR count). The Morgan fingerprint density at radius 2 is 1.22 bits per heavy atom. The Balaban J connectivity index is 1.82. The van der Waals surface area contributed by atoms with Gasteiger partial charge in [-0.3, -0.25) is 0 Å². The van der Waals surface area contributed by atoms with Crippen LogP contribution < -0.4 is 0 Å². The van der Waals surface area contributed by atoms with E-state index in [0.717, 1.165) is 23.2 Å². The summed E-state index contributed by atoms with van der Waals surface area (Å²) < 4.78 is 0. The quantitative estimate of drug-likeness (QED) is 0.561. The Hall–Kier alpha value is 0. The van der Waals surface area contributed by atoms with Crippen LogP contribution in [0.2, 0.25) is 0 Å². The molecule has 0 heterocycles. The van der Waals surface area contributed by atoms with Gasteiger partial charge >= 0.3 is 0 Å². The normalized spacial score (nSPS) is 44.2. The molecule has 0 bridgehead atoms. The van der Waals surface area contributed by atoms with Gasteiger partial charge in [-0.2, -0.15) is 0 Å². The molecular weight excluding hydrogens is 216 g/mol. The summed E-state index contributed by atoms with van der Waals surface area (Å²) in [6.45, 7) is 12.7. The van der Waals surface area contributed by atoms with E-state index in [4.69, 9.17) is 0 Å². The topological polar surface area (TPSA) is 0 Å². The van der Waals surface area contributed by atoms with Gasteiger partial charge in [0.05, 0.1) is 0 Å². The lowest BCUT2D eigenvalue weighted by atomic mass is 9.49. The minimum atomic E-state index is 0.601. The first kappa shape index (κ1) is 13.0. The molecule has 0 aromatic heterocycles. The van der Waals surface area contributed by atoms with Gasteiger partial charge in [0.2, 0.25) is 0 Å². The van der Waals surface area contributed by atoms with E-state index < -0.39 is 0 Å². The second-order valence-electron chi connectivity index (χ2n) is 9.35. The summed E-state index contributed by atoms with van der Waals surface area (Å²) in [5.41, 5.74) is 1.96. The predicted octanol–water partition coefficient (Wildman–Crippen LogP) is 5.67. The molecule has 3 unspecified atom stereocenters. The first-order valence-corrected chi connectivity index (χ1v) is 8.25. The van der Waals surface area contributed by atoms with Crippen molar-refractivity contribution in [3.8, 4) is 0 Å². The average molecular weight is 248 g/mol. The highest BCUT2D eigenvalue weighted by molar-refractivity contribution is 5.04. The van der Waals surface area contributed by atoms with E-state index in [1.807, 2.05) is 0 Å². The maximum Gasteiger partial charge on any atom is -0.0297 e. The van der Waals surface area contributed by atoms with E-state index in [0.29, 0.717) is 10.8 Å². The van der Waals surface area contributed by atoms with Gasteiger partial charge < -0.3 is 0 Å². The minimum absolute atomic E-state index is 0.601. The predicted molar refractivity (Wildman–Crippen MR) is 78.5 cm³/mol. The standard InChI is InChI=1S/C18H32/c1-16(2)8-9-17(3,4)15-12-13(6-7-14(15)16)18(5)10-11-18/h13-15H,6-12H2,1-5H3. The van der Waals surface area contributed by atoms with Gasteiger partial charge in [-0.25, -0.2) is 0 Å². The summed E-state index contributed by atoms with van der Waals surface area (Å²) in [6, 6.07) is 0. The summed E-state index contributed by atoms with van der Waals surface area (Å²) in [6.07, 6.45) is 10.5. The fourth-order valence-corrected chi connectivity index (χ4v) is 5.22. The highest BCUT2D eigenvalue weighted by Crippen LogP contribution is 2.64. The molecule has 3 atom stereocenters. The molecule has 0 aromatic rings. The Morgan fingerprint density at radius 3 is 1.78 bits per heavy atom. The molecule has 0 spiro atoms. The smallest absolute Gasteiger partial charge is 0.0297 e. The summed E-state index contributed by atoms with van der Waals surface area (Å²) in [7, 11) is 0. The van der Waals surface area contributed by atoms with Crippen LogP contribution >= 0.6 is 0 Å². The van der Waals surface area contributed by atoms with Crippen LogP contribution in [0.5, 0.6) is 0 Å². The van der Waals surface area contributed by atoms with Crippen LogP contribution in [-0.4, -0.2) is 0 Å². The third-order valence-electron chi connectivity index (χ3n) is 7.30. The zero-order chi connectivity index (χ0) is 13.2. The Labute approximate surface area is 114 Å². The van der Waals surface area contributed by atoms with Crippen molar-refractivity contribution in [1.29, 1.82) is 0 Å². The Morgan fingerprint density at radius 1 is 0.667 bits per heavy atom. The fraction of sp³-hybridized carbons (Fsp3) is 1.00. The maximum absolute atomic E-state index is 2.55. The molecule has 3 aliphatic carbocycles. The molecule has 3 fully saturated rings. The zero-order valence-electron chi connectivity index (χ0n) is 13.2. The van der Waals surface area contributed by atoms with Crippen molar-refractivity contribution in [1.82, 2.24) is 0 Å². The van der Waals surface area contributed by atoms with E-state index in [2.05, 4.69) is 34.6 Å². The van der Waals surface area contributed by atoms with E-state index in [1.165, 1.54) is 44.9 Å². The van der Waals surface area contributed by atoms with E-state index in [9.17, 15) is 0 Å². The summed E-state index contributed by atoms with van der Waals surface area (Å²) in [5, 5.41) is 0. The maximum atomic E-state index is 2.55. The molecule has 0 nitrogen and oxygen atoms in total. The van der Waals surface area contributed by atoms with Crippen LogP contribution in [0.3, 0.4) is 0 Å². The number of hydrogen-bond donors (Lipinski definition) is 0. The molecule has 3 saturated carbocycles. The summed E-state index contributed by atoms with van der Waals surface area (Å²) in [4.78, 5) is 0. The van der Waals surface area contributed by atoms with Crippen molar-refractivity contribution in [2.75, 3.05) is 0 Å². The second-order valence-corrected chi connectivity index (χ2v) is 9.35.